The summed E-state index contributed by atoms with van der Waals surface area (Å²) in [5.41, 5.74) is 3.13. The van der Waals surface area contributed by atoms with Gasteiger partial charge in [-0.1, -0.05) is 19.9 Å². The fourth-order valence-electron chi connectivity index (χ4n) is 1.87. The predicted octanol–water partition coefficient (Wildman–Crippen LogP) is 2.83. The van der Waals surface area contributed by atoms with Crippen LogP contribution in [0.5, 0.6) is 0 Å². The summed E-state index contributed by atoms with van der Waals surface area (Å²) in [4.78, 5) is 11.9. The number of hydrogen-bond donors (Lipinski definition) is 3. The van der Waals surface area contributed by atoms with Crippen molar-refractivity contribution in [1.82, 2.24) is 5.32 Å². The van der Waals surface area contributed by atoms with Gasteiger partial charge in [0.2, 0.25) is 0 Å². The number of rotatable bonds is 5. The van der Waals surface area contributed by atoms with E-state index in [0.717, 1.165) is 11.3 Å². The van der Waals surface area contributed by atoms with Crippen LogP contribution in [0.2, 0.25) is 0 Å². The predicted molar refractivity (Wildman–Crippen MR) is 78.4 cm³/mol. The van der Waals surface area contributed by atoms with Gasteiger partial charge in [0.15, 0.2) is 0 Å². The Bertz CT molecular complexity index is 430. The molecule has 0 radical (unpaired) electrons. The van der Waals surface area contributed by atoms with Crippen LogP contribution in [-0.2, 0) is 0 Å². The van der Waals surface area contributed by atoms with Crippen LogP contribution in [0.25, 0.3) is 0 Å². The fourth-order valence-corrected chi connectivity index (χ4v) is 1.87. The molecule has 0 aromatic heterocycles. The molecule has 106 valence electrons. The van der Waals surface area contributed by atoms with Gasteiger partial charge in [0.25, 0.3) is 0 Å². The molecule has 4 heteroatoms. The Morgan fingerprint density at radius 2 is 1.95 bits per heavy atom. The summed E-state index contributed by atoms with van der Waals surface area (Å²) >= 11 is 0. The number of amides is 2. The molecule has 1 aromatic carbocycles. The third-order valence-corrected chi connectivity index (χ3v) is 3.33. The number of nitrogens with one attached hydrogen (secondary N) is 2. The molecule has 1 atom stereocenters. The Hall–Kier alpha value is -1.55. The van der Waals surface area contributed by atoms with Gasteiger partial charge in [-0.2, -0.15) is 0 Å². The zero-order chi connectivity index (χ0) is 14.4. The lowest BCUT2D eigenvalue weighted by atomic mass is 10.0. The van der Waals surface area contributed by atoms with Gasteiger partial charge in [-0.3, -0.25) is 0 Å². The topological polar surface area (TPSA) is 61.4 Å². The van der Waals surface area contributed by atoms with Crippen molar-refractivity contribution in [3.05, 3.63) is 29.3 Å². The largest absolute Gasteiger partial charge is 0.396 e. The second kappa shape index (κ2) is 7.14. The van der Waals surface area contributed by atoms with Crippen molar-refractivity contribution in [2.45, 2.75) is 40.2 Å². The first-order valence-electron chi connectivity index (χ1n) is 6.69. The number of hydrogen-bond acceptors (Lipinski definition) is 2. The van der Waals surface area contributed by atoms with Gasteiger partial charge in [0.1, 0.15) is 0 Å². The van der Waals surface area contributed by atoms with Crippen LogP contribution in [-0.4, -0.2) is 23.8 Å². The molecule has 0 bridgehead atoms. The Balaban J connectivity index is 2.61. The van der Waals surface area contributed by atoms with E-state index < -0.39 is 0 Å². The smallest absolute Gasteiger partial charge is 0.319 e. The average Bonchev–Trinajstić information content (AvgIpc) is 2.33. The van der Waals surface area contributed by atoms with E-state index in [0.29, 0.717) is 6.42 Å². The first-order valence-corrected chi connectivity index (χ1v) is 6.69. The summed E-state index contributed by atoms with van der Waals surface area (Å²) in [7, 11) is 0. The maximum Gasteiger partial charge on any atom is 0.319 e. The van der Waals surface area contributed by atoms with Crippen molar-refractivity contribution >= 4 is 11.7 Å². The molecule has 3 N–H and O–H groups in total. The average molecular weight is 264 g/mol. The molecule has 19 heavy (non-hydrogen) atoms. The molecular formula is C15H24N2O2. The summed E-state index contributed by atoms with van der Waals surface area (Å²) in [6, 6.07) is 5.58. The Kier molecular flexibility index (Phi) is 5.83. The monoisotopic (exact) mass is 264 g/mol. The quantitative estimate of drug-likeness (QED) is 0.766. The normalized spacial score (nSPS) is 12.3. The lowest BCUT2D eigenvalue weighted by Crippen LogP contribution is -2.41. The third kappa shape index (κ3) is 4.91. The van der Waals surface area contributed by atoms with E-state index in [1.54, 1.807) is 0 Å². The lowest BCUT2D eigenvalue weighted by Gasteiger charge is -2.21. The van der Waals surface area contributed by atoms with E-state index in [2.05, 4.69) is 10.6 Å². The summed E-state index contributed by atoms with van der Waals surface area (Å²) < 4.78 is 0. The number of benzene rings is 1. The van der Waals surface area contributed by atoms with E-state index in [1.165, 1.54) is 5.56 Å². The highest BCUT2D eigenvalue weighted by molar-refractivity contribution is 5.89. The van der Waals surface area contributed by atoms with Crippen LogP contribution in [0, 0.1) is 19.8 Å². The zero-order valence-corrected chi connectivity index (χ0v) is 12.2. The Morgan fingerprint density at radius 1 is 1.26 bits per heavy atom. The molecular weight excluding hydrogens is 240 g/mol. The summed E-state index contributed by atoms with van der Waals surface area (Å²) in [6.45, 7) is 8.18. The standard InChI is InChI=1S/C15H24N2O2/c1-10(2)14(7-8-18)17-15(19)16-13-6-5-11(3)12(4)9-13/h5-6,9-10,14,18H,7-8H2,1-4H3,(H2,16,17,19). The molecule has 1 unspecified atom stereocenters. The van der Waals surface area contributed by atoms with Gasteiger partial charge in [0.05, 0.1) is 0 Å². The maximum atomic E-state index is 11.9. The molecule has 0 saturated heterocycles. The number of aryl methyl sites for hydroxylation is 2. The second-order valence-electron chi connectivity index (χ2n) is 5.26. The van der Waals surface area contributed by atoms with Gasteiger partial charge in [-0.25, -0.2) is 4.79 Å². The van der Waals surface area contributed by atoms with Crippen LogP contribution in [0.4, 0.5) is 10.5 Å². The highest BCUT2D eigenvalue weighted by Gasteiger charge is 2.15. The SMILES string of the molecule is Cc1ccc(NC(=O)NC(CCO)C(C)C)cc1C. The molecule has 1 aromatic rings. The molecule has 2 amide bonds. The van der Waals surface area contributed by atoms with Crippen molar-refractivity contribution in [1.29, 1.82) is 0 Å². The first kappa shape index (κ1) is 15.5. The van der Waals surface area contributed by atoms with Crippen molar-refractivity contribution in [2.75, 3.05) is 11.9 Å². The third-order valence-electron chi connectivity index (χ3n) is 3.33. The minimum atomic E-state index is -0.226. The summed E-state index contributed by atoms with van der Waals surface area (Å²) in [5, 5.41) is 14.7. The second-order valence-corrected chi connectivity index (χ2v) is 5.26. The minimum absolute atomic E-state index is 0.0171. The number of anilines is 1. The number of carbonyl (C=O) groups is 1. The van der Waals surface area contributed by atoms with E-state index in [1.807, 2.05) is 45.9 Å². The number of aliphatic hydroxyl groups is 1. The Morgan fingerprint density at radius 3 is 2.47 bits per heavy atom. The Labute approximate surface area is 115 Å². The minimum Gasteiger partial charge on any atom is -0.396 e. The number of aliphatic hydroxyl groups excluding tert-OH is 1. The molecule has 4 nitrogen and oxygen atoms in total. The van der Waals surface area contributed by atoms with Crippen LogP contribution in [0.15, 0.2) is 18.2 Å². The maximum absolute atomic E-state index is 11.9. The highest BCUT2D eigenvalue weighted by atomic mass is 16.3. The van der Waals surface area contributed by atoms with Gasteiger partial charge < -0.3 is 15.7 Å². The van der Waals surface area contributed by atoms with Crippen LogP contribution in [0.1, 0.15) is 31.4 Å². The van der Waals surface area contributed by atoms with Crippen LogP contribution < -0.4 is 10.6 Å². The van der Waals surface area contributed by atoms with Gasteiger partial charge in [-0.15, -0.1) is 0 Å². The summed E-state index contributed by atoms with van der Waals surface area (Å²) in [5.74, 6) is 0.289. The molecule has 0 saturated carbocycles. The van der Waals surface area contributed by atoms with E-state index in [4.69, 9.17) is 5.11 Å². The molecule has 0 aliphatic rings. The number of urea groups is 1. The van der Waals surface area contributed by atoms with Crippen molar-refractivity contribution < 1.29 is 9.90 Å². The fraction of sp³-hybridized carbons (Fsp3) is 0.533. The highest BCUT2D eigenvalue weighted by Crippen LogP contribution is 2.14. The van der Waals surface area contributed by atoms with Gasteiger partial charge >= 0.3 is 6.03 Å². The molecule has 0 spiro atoms. The van der Waals surface area contributed by atoms with E-state index in [-0.39, 0.29) is 24.6 Å². The molecule has 1 rings (SSSR count). The van der Waals surface area contributed by atoms with E-state index in [9.17, 15) is 4.79 Å². The first-order chi connectivity index (χ1) is 8.93. The number of carbonyl (C=O) groups excluding carboxylic acids is 1. The van der Waals surface area contributed by atoms with Gasteiger partial charge in [0, 0.05) is 18.3 Å². The molecule has 0 heterocycles. The molecule has 0 aliphatic carbocycles. The van der Waals surface area contributed by atoms with Crippen molar-refractivity contribution in [2.24, 2.45) is 5.92 Å². The summed E-state index contributed by atoms with van der Waals surface area (Å²) in [6.07, 6.45) is 0.567. The lowest BCUT2D eigenvalue weighted by molar-refractivity contribution is 0.227. The van der Waals surface area contributed by atoms with Gasteiger partial charge in [-0.05, 0) is 49.4 Å². The van der Waals surface area contributed by atoms with Crippen molar-refractivity contribution in [3.8, 4) is 0 Å². The van der Waals surface area contributed by atoms with Crippen LogP contribution >= 0.6 is 0 Å². The van der Waals surface area contributed by atoms with Crippen molar-refractivity contribution in [3.63, 3.8) is 0 Å². The zero-order valence-electron chi connectivity index (χ0n) is 12.2. The molecule has 0 aliphatic heterocycles. The van der Waals surface area contributed by atoms with Crippen LogP contribution in [0.3, 0.4) is 0 Å². The molecule has 0 fully saturated rings. The van der Waals surface area contributed by atoms with E-state index >= 15 is 0 Å².